The van der Waals surface area contributed by atoms with Gasteiger partial charge in [-0.3, -0.25) is 9.80 Å². The summed E-state index contributed by atoms with van der Waals surface area (Å²) in [6.07, 6.45) is 1.11. The molecule has 0 atom stereocenters. The van der Waals surface area contributed by atoms with E-state index in [9.17, 15) is 0 Å². The second-order valence-electron chi connectivity index (χ2n) is 5.37. The monoisotopic (exact) mass is 327 g/mol. The smallest absolute Gasteiger partial charge is 0.104 e. The molecule has 0 aromatic heterocycles. The Hall–Kier alpha value is -0.720. The first kappa shape index (κ1) is 16.6. The van der Waals surface area contributed by atoms with Gasteiger partial charge in [0, 0.05) is 36.8 Å². The minimum Gasteiger partial charge on any atom is -0.395 e. The molecule has 4 nitrogen and oxygen atoms in total. The molecule has 1 aromatic rings. The summed E-state index contributed by atoms with van der Waals surface area (Å²) in [6, 6.07) is 5.78. The molecular formula is C15H22ClN3OS. The molecule has 1 saturated heterocycles. The van der Waals surface area contributed by atoms with Gasteiger partial charge in [-0.2, -0.15) is 0 Å². The molecule has 1 aliphatic rings. The SMILES string of the molecule is NC(=S)c1ccc(CN2CCCN(CCO)CC2)c(Cl)c1. The molecule has 21 heavy (non-hydrogen) atoms. The summed E-state index contributed by atoms with van der Waals surface area (Å²) in [4.78, 5) is 5.08. The van der Waals surface area contributed by atoms with Crippen molar-refractivity contribution in [2.24, 2.45) is 5.73 Å². The van der Waals surface area contributed by atoms with Gasteiger partial charge in [-0.05, 0) is 31.1 Å². The molecule has 1 fully saturated rings. The van der Waals surface area contributed by atoms with Gasteiger partial charge in [0.05, 0.1) is 6.61 Å². The number of thiocarbonyl (C=S) groups is 1. The van der Waals surface area contributed by atoms with E-state index in [0.29, 0.717) is 4.99 Å². The topological polar surface area (TPSA) is 52.7 Å². The third-order valence-electron chi connectivity index (χ3n) is 3.83. The van der Waals surface area contributed by atoms with Crippen LogP contribution in [0.15, 0.2) is 18.2 Å². The van der Waals surface area contributed by atoms with Gasteiger partial charge in [0.25, 0.3) is 0 Å². The van der Waals surface area contributed by atoms with Crippen LogP contribution in [0, 0.1) is 0 Å². The Kier molecular flexibility index (Phi) is 6.39. The molecule has 6 heteroatoms. The maximum Gasteiger partial charge on any atom is 0.104 e. The summed E-state index contributed by atoms with van der Waals surface area (Å²) >= 11 is 11.3. The maximum absolute atomic E-state index is 9.03. The molecule has 0 saturated carbocycles. The normalized spacial score (nSPS) is 17.6. The summed E-state index contributed by atoms with van der Waals surface area (Å²) < 4.78 is 0. The van der Waals surface area contributed by atoms with E-state index in [-0.39, 0.29) is 6.61 Å². The summed E-state index contributed by atoms with van der Waals surface area (Å²) in [5.41, 5.74) is 7.53. The molecule has 0 radical (unpaired) electrons. The summed E-state index contributed by atoms with van der Waals surface area (Å²) in [7, 11) is 0. The average Bonchev–Trinajstić information content (AvgIpc) is 2.67. The Morgan fingerprint density at radius 3 is 2.62 bits per heavy atom. The predicted octanol–water partition coefficient (Wildman–Crippen LogP) is 1.47. The molecule has 0 aliphatic carbocycles. The number of rotatable bonds is 5. The zero-order valence-corrected chi connectivity index (χ0v) is 13.7. The van der Waals surface area contributed by atoms with Crippen LogP contribution in [-0.2, 0) is 6.54 Å². The number of hydrogen-bond acceptors (Lipinski definition) is 4. The molecule has 0 amide bonds. The lowest BCUT2D eigenvalue weighted by Gasteiger charge is -2.22. The van der Waals surface area contributed by atoms with E-state index in [1.807, 2.05) is 18.2 Å². The first-order valence-corrected chi connectivity index (χ1v) is 8.02. The third-order valence-corrected chi connectivity index (χ3v) is 4.42. The van der Waals surface area contributed by atoms with E-state index >= 15 is 0 Å². The highest BCUT2D eigenvalue weighted by atomic mass is 35.5. The molecule has 2 rings (SSSR count). The quantitative estimate of drug-likeness (QED) is 0.802. The minimum atomic E-state index is 0.228. The first-order chi connectivity index (χ1) is 10.1. The number of β-amino-alcohol motifs (C(OH)–C–C–N with tert-alkyl or cyclic N) is 1. The maximum atomic E-state index is 9.03. The molecule has 0 spiro atoms. The van der Waals surface area contributed by atoms with Gasteiger partial charge < -0.3 is 10.8 Å². The van der Waals surface area contributed by atoms with Gasteiger partial charge in [0.1, 0.15) is 4.99 Å². The number of hydrogen-bond donors (Lipinski definition) is 2. The van der Waals surface area contributed by atoms with E-state index < -0.39 is 0 Å². The Labute approximate surface area is 136 Å². The Balaban J connectivity index is 1.97. The molecule has 0 unspecified atom stereocenters. The van der Waals surface area contributed by atoms with Gasteiger partial charge in [-0.25, -0.2) is 0 Å². The zero-order valence-electron chi connectivity index (χ0n) is 12.1. The minimum absolute atomic E-state index is 0.228. The standard InChI is InChI=1S/C15H22ClN3OS/c16-14-10-12(15(17)21)2-3-13(14)11-19-5-1-4-18(6-7-19)8-9-20/h2-3,10,20H,1,4-9,11H2,(H2,17,21). The summed E-state index contributed by atoms with van der Waals surface area (Å²) in [5.74, 6) is 0. The largest absolute Gasteiger partial charge is 0.395 e. The van der Waals surface area contributed by atoms with Crippen molar-refractivity contribution >= 4 is 28.8 Å². The van der Waals surface area contributed by atoms with Crippen molar-refractivity contribution in [1.82, 2.24) is 9.80 Å². The van der Waals surface area contributed by atoms with Crippen LogP contribution in [0.25, 0.3) is 0 Å². The van der Waals surface area contributed by atoms with Crippen molar-refractivity contribution in [1.29, 1.82) is 0 Å². The van der Waals surface area contributed by atoms with Crippen LogP contribution in [0.3, 0.4) is 0 Å². The van der Waals surface area contributed by atoms with Crippen LogP contribution in [-0.4, -0.2) is 59.2 Å². The Morgan fingerprint density at radius 2 is 1.95 bits per heavy atom. The van der Waals surface area contributed by atoms with Crippen molar-refractivity contribution < 1.29 is 5.11 Å². The molecular weight excluding hydrogens is 306 g/mol. The Bertz CT molecular complexity index is 498. The fourth-order valence-electron chi connectivity index (χ4n) is 2.62. The van der Waals surface area contributed by atoms with Crippen molar-refractivity contribution in [3.63, 3.8) is 0 Å². The lowest BCUT2D eigenvalue weighted by molar-refractivity contribution is 0.196. The average molecular weight is 328 g/mol. The Morgan fingerprint density at radius 1 is 1.24 bits per heavy atom. The van der Waals surface area contributed by atoms with Crippen molar-refractivity contribution in [2.75, 3.05) is 39.3 Å². The van der Waals surface area contributed by atoms with E-state index in [0.717, 1.165) is 61.8 Å². The predicted molar refractivity (Wildman–Crippen MR) is 90.8 cm³/mol. The molecule has 3 N–H and O–H groups in total. The van der Waals surface area contributed by atoms with Gasteiger partial charge in [0.15, 0.2) is 0 Å². The van der Waals surface area contributed by atoms with E-state index in [2.05, 4.69) is 9.80 Å². The second-order valence-corrected chi connectivity index (χ2v) is 6.21. The highest BCUT2D eigenvalue weighted by molar-refractivity contribution is 7.80. The van der Waals surface area contributed by atoms with E-state index in [1.54, 1.807) is 0 Å². The first-order valence-electron chi connectivity index (χ1n) is 7.24. The van der Waals surface area contributed by atoms with Gasteiger partial charge >= 0.3 is 0 Å². The summed E-state index contributed by atoms with van der Waals surface area (Å²) in [6.45, 7) is 5.91. The number of nitrogens with zero attached hydrogens (tertiary/aromatic N) is 2. The molecule has 0 bridgehead atoms. The number of aliphatic hydroxyl groups is 1. The van der Waals surface area contributed by atoms with Crippen molar-refractivity contribution in [3.05, 3.63) is 34.3 Å². The van der Waals surface area contributed by atoms with Gasteiger partial charge in [-0.15, -0.1) is 0 Å². The lowest BCUT2D eigenvalue weighted by atomic mass is 10.1. The van der Waals surface area contributed by atoms with Crippen LogP contribution < -0.4 is 5.73 Å². The van der Waals surface area contributed by atoms with Gasteiger partial charge in [-0.1, -0.05) is 36.0 Å². The zero-order chi connectivity index (χ0) is 15.2. The number of nitrogens with two attached hydrogens (primary N) is 1. The second kappa shape index (κ2) is 8.06. The molecule has 1 heterocycles. The van der Waals surface area contributed by atoms with Crippen LogP contribution in [0.1, 0.15) is 17.5 Å². The van der Waals surface area contributed by atoms with Crippen LogP contribution >= 0.6 is 23.8 Å². The highest BCUT2D eigenvalue weighted by Gasteiger charge is 2.15. The van der Waals surface area contributed by atoms with Crippen LogP contribution in [0.4, 0.5) is 0 Å². The summed E-state index contributed by atoms with van der Waals surface area (Å²) in [5, 5.41) is 9.74. The van der Waals surface area contributed by atoms with Crippen LogP contribution in [0.2, 0.25) is 5.02 Å². The number of benzene rings is 1. The van der Waals surface area contributed by atoms with Crippen molar-refractivity contribution in [2.45, 2.75) is 13.0 Å². The van der Waals surface area contributed by atoms with E-state index in [1.165, 1.54) is 0 Å². The molecule has 116 valence electrons. The fourth-order valence-corrected chi connectivity index (χ4v) is 2.98. The fraction of sp³-hybridized carbons (Fsp3) is 0.533. The van der Waals surface area contributed by atoms with Crippen molar-refractivity contribution in [3.8, 4) is 0 Å². The van der Waals surface area contributed by atoms with E-state index in [4.69, 9.17) is 34.7 Å². The number of halogens is 1. The lowest BCUT2D eigenvalue weighted by Crippen LogP contribution is -2.32. The van der Waals surface area contributed by atoms with Gasteiger partial charge in [0.2, 0.25) is 0 Å². The van der Waals surface area contributed by atoms with Crippen LogP contribution in [0.5, 0.6) is 0 Å². The molecule has 1 aliphatic heterocycles. The third kappa shape index (κ3) is 4.90. The molecule has 1 aromatic carbocycles. The highest BCUT2D eigenvalue weighted by Crippen LogP contribution is 2.20. The number of aliphatic hydroxyl groups excluding tert-OH is 1.